The number of unbranched alkanes of at least 4 members (excludes halogenated alkanes) is 1. The molecule has 0 fully saturated rings. The summed E-state index contributed by atoms with van der Waals surface area (Å²) in [5.41, 5.74) is -0.0109. The Morgan fingerprint density at radius 2 is 2.16 bits per heavy atom. The van der Waals surface area contributed by atoms with Crippen LogP contribution in [0.25, 0.3) is 0 Å². The van der Waals surface area contributed by atoms with Crippen LogP contribution in [0.5, 0.6) is 0 Å². The highest BCUT2D eigenvalue weighted by atomic mass is 32.2. The first-order valence-corrected chi connectivity index (χ1v) is 6.84. The lowest BCUT2D eigenvalue weighted by atomic mass is 10.2. The lowest BCUT2D eigenvalue weighted by molar-refractivity contribution is -0.140. The number of hydrogen-bond donors (Lipinski definition) is 1. The van der Waals surface area contributed by atoms with Gasteiger partial charge in [-0.3, -0.25) is 4.79 Å². The van der Waals surface area contributed by atoms with Gasteiger partial charge in [-0.15, -0.1) is 11.8 Å². The van der Waals surface area contributed by atoms with Crippen molar-refractivity contribution in [3.05, 3.63) is 29.6 Å². The van der Waals surface area contributed by atoms with Gasteiger partial charge in [0.1, 0.15) is 5.82 Å². The quantitative estimate of drug-likeness (QED) is 0.474. The number of benzene rings is 1. The molecule has 1 rings (SSSR count). The van der Waals surface area contributed by atoms with Crippen LogP contribution in [0.3, 0.4) is 0 Å². The third kappa shape index (κ3) is 5.30. The predicted molar refractivity (Wildman–Crippen MR) is 70.0 cm³/mol. The van der Waals surface area contributed by atoms with Crippen LogP contribution in [0.1, 0.15) is 30.1 Å². The maximum Gasteiger partial charge on any atom is 0.335 e. The number of aromatic carboxylic acids is 1. The van der Waals surface area contributed by atoms with Gasteiger partial charge < -0.3 is 9.84 Å². The van der Waals surface area contributed by atoms with Crippen molar-refractivity contribution in [1.82, 2.24) is 0 Å². The number of carboxylic acids is 1. The Bertz CT molecular complexity index is 462. The molecule has 0 bridgehead atoms. The number of rotatable bonds is 7. The molecule has 104 valence electrons. The summed E-state index contributed by atoms with van der Waals surface area (Å²) < 4.78 is 18.3. The molecule has 4 nitrogen and oxygen atoms in total. The Balaban J connectivity index is 2.54. The van der Waals surface area contributed by atoms with Gasteiger partial charge in [-0.05, 0) is 24.6 Å². The molecule has 1 N–H and O–H groups in total. The van der Waals surface area contributed by atoms with Crippen molar-refractivity contribution in [3.8, 4) is 0 Å². The largest absolute Gasteiger partial charge is 0.478 e. The van der Waals surface area contributed by atoms with E-state index in [1.54, 1.807) is 0 Å². The highest BCUT2D eigenvalue weighted by Crippen LogP contribution is 2.23. The molecule has 0 saturated heterocycles. The van der Waals surface area contributed by atoms with Gasteiger partial charge in [0.05, 0.1) is 17.9 Å². The number of thioether (sulfide) groups is 1. The molecule has 0 atom stereocenters. The van der Waals surface area contributed by atoms with Crippen molar-refractivity contribution < 1.29 is 23.8 Å². The Hall–Kier alpha value is -1.56. The molecular weight excluding hydrogens is 271 g/mol. The standard InChI is InChI=1S/C13H15FO4S/c1-2-3-6-18-12(15)8-19-11-7-9(13(16)17)4-5-10(11)14/h4-5,7H,2-3,6,8H2,1H3,(H,16,17). The molecular formula is C13H15FO4S. The summed E-state index contributed by atoms with van der Waals surface area (Å²) in [6, 6.07) is 3.47. The van der Waals surface area contributed by atoms with Crippen molar-refractivity contribution in [2.75, 3.05) is 12.4 Å². The molecule has 6 heteroatoms. The highest BCUT2D eigenvalue weighted by Gasteiger charge is 2.11. The number of hydrogen-bond acceptors (Lipinski definition) is 4. The first kappa shape index (κ1) is 15.5. The summed E-state index contributed by atoms with van der Waals surface area (Å²) in [5.74, 6) is -2.15. The average Bonchev–Trinajstić information content (AvgIpc) is 2.37. The maximum absolute atomic E-state index is 13.4. The number of ether oxygens (including phenoxy) is 1. The fourth-order valence-electron chi connectivity index (χ4n) is 1.26. The van der Waals surface area contributed by atoms with Gasteiger partial charge >= 0.3 is 11.9 Å². The van der Waals surface area contributed by atoms with Crippen molar-refractivity contribution in [2.24, 2.45) is 0 Å². The Labute approximate surface area is 115 Å². The van der Waals surface area contributed by atoms with Crippen molar-refractivity contribution in [1.29, 1.82) is 0 Å². The number of halogens is 1. The minimum Gasteiger partial charge on any atom is -0.478 e. The fourth-order valence-corrected chi connectivity index (χ4v) is 2.03. The second-order valence-electron chi connectivity index (χ2n) is 3.81. The molecule has 0 aliphatic heterocycles. The molecule has 0 saturated carbocycles. The van der Waals surface area contributed by atoms with Gasteiger partial charge in [0, 0.05) is 4.90 Å². The second kappa shape index (κ2) is 7.78. The van der Waals surface area contributed by atoms with Crippen LogP contribution < -0.4 is 0 Å². The fraction of sp³-hybridized carbons (Fsp3) is 0.385. The van der Waals surface area contributed by atoms with Crippen LogP contribution in [0.2, 0.25) is 0 Å². The zero-order chi connectivity index (χ0) is 14.3. The van der Waals surface area contributed by atoms with Crippen LogP contribution in [-0.4, -0.2) is 29.4 Å². The summed E-state index contributed by atoms with van der Waals surface area (Å²) in [6.45, 7) is 2.34. The zero-order valence-corrected chi connectivity index (χ0v) is 11.3. The van der Waals surface area contributed by atoms with E-state index < -0.39 is 17.8 Å². The van der Waals surface area contributed by atoms with Crippen LogP contribution >= 0.6 is 11.8 Å². The Kier molecular flexibility index (Phi) is 6.35. The van der Waals surface area contributed by atoms with Crippen LogP contribution in [0.4, 0.5) is 4.39 Å². The van der Waals surface area contributed by atoms with Crippen molar-refractivity contribution in [2.45, 2.75) is 24.7 Å². The van der Waals surface area contributed by atoms with E-state index in [0.29, 0.717) is 6.61 Å². The third-order valence-electron chi connectivity index (χ3n) is 2.28. The SMILES string of the molecule is CCCCOC(=O)CSc1cc(C(=O)O)ccc1F. The molecule has 0 aromatic heterocycles. The first-order chi connectivity index (χ1) is 9.04. The van der Waals surface area contributed by atoms with Crippen LogP contribution in [0.15, 0.2) is 23.1 Å². The van der Waals surface area contributed by atoms with Gasteiger partial charge in [0.2, 0.25) is 0 Å². The minimum absolute atomic E-state index is 0.0109. The Morgan fingerprint density at radius 3 is 2.79 bits per heavy atom. The molecule has 0 aliphatic rings. The van der Waals surface area contributed by atoms with Crippen LogP contribution in [-0.2, 0) is 9.53 Å². The van der Waals surface area contributed by atoms with Crippen molar-refractivity contribution in [3.63, 3.8) is 0 Å². The topological polar surface area (TPSA) is 63.6 Å². The molecule has 1 aromatic rings. The average molecular weight is 286 g/mol. The maximum atomic E-state index is 13.4. The molecule has 0 radical (unpaired) electrons. The van der Waals surface area contributed by atoms with E-state index >= 15 is 0 Å². The third-order valence-corrected chi connectivity index (χ3v) is 3.29. The smallest absolute Gasteiger partial charge is 0.335 e. The van der Waals surface area contributed by atoms with Gasteiger partial charge in [-0.1, -0.05) is 13.3 Å². The number of carbonyl (C=O) groups is 2. The van der Waals surface area contributed by atoms with E-state index in [2.05, 4.69) is 0 Å². The minimum atomic E-state index is -1.13. The van der Waals surface area contributed by atoms with Gasteiger partial charge in [-0.2, -0.15) is 0 Å². The van der Waals surface area contributed by atoms with Gasteiger partial charge in [0.15, 0.2) is 0 Å². The number of esters is 1. The summed E-state index contributed by atoms with van der Waals surface area (Å²) in [7, 11) is 0. The van der Waals surface area contributed by atoms with E-state index in [0.717, 1.165) is 30.7 Å². The zero-order valence-electron chi connectivity index (χ0n) is 10.5. The second-order valence-corrected chi connectivity index (χ2v) is 4.83. The summed E-state index contributed by atoms with van der Waals surface area (Å²) in [6.07, 6.45) is 1.72. The van der Waals surface area contributed by atoms with Gasteiger partial charge in [-0.25, -0.2) is 9.18 Å². The van der Waals surface area contributed by atoms with E-state index in [1.807, 2.05) is 6.92 Å². The number of carboxylic acid groups (broad SMARTS) is 1. The Morgan fingerprint density at radius 1 is 1.42 bits per heavy atom. The normalized spacial score (nSPS) is 10.2. The van der Waals surface area contributed by atoms with E-state index in [9.17, 15) is 14.0 Å². The van der Waals surface area contributed by atoms with Crippen molar-refractivity contribution >= 4 is 23.7 Å². The lowest BCUT2D eigenvalue weighted by Crippen LogP contribution is -2.08. The molecule has 0 aliphatic carbocycles. The molecule has 0 amide bonds. The monoisotopic (exact) mass is 286 g/mol. The molecule has 19 heavy (non-hydrogen) atoms. The molecule has 1 aromatic carbocycles. The van der Waals surface area contributed by atoms with E-state index in [4.69, 9.17) is 9.84 Å². The molecule has 0 spiro atoms. The molecule has 0 unspecified atom stereocenters. The molecule has 0 heterocycles. The van der Waals surface area contributed by atoms with E-state index in [-0.39, 0.29) is 16.2 Å². The van der Waals surface area contributed by atoms with E-state index in [1.165, 1.54) is 12.1 Å². The first-order valence-electron chi connectivity index (χ1n) is 5.86. The summed E-state index contributed by atoms with van der Waals surface area (Å²) in [4.78, 5) is 22.2. The highest BCUT2D eigenvalue weighted by molar-refractivity contribution is 8.00. The predicted octanol–water partition coefficient (Wildman–Crippen LogP) is 2.96. The summed E-state index contributed by atoms with van der Waals surface area (Å²) >= 11 is 0.932. The van der Waals surface area contributed by atoms with Crippen LogP contribution in [0, 0.1) is 5.82 Å². The van der Waals surface area contributed by atoms with Gasteiger partial charge in [0.25, 0.3) is 0 Å². The lowest BCUT2D eigenvalue weighted by Gasteiger charge is -2.05. The summed E-state index contributed by atoms with van der Waals surface area (Å²) in [5, 5.41) is 8.80. The number of carbonyl (C=O) groups excluding carboxylic acids is 1.